The van der Waals surface area contributed by atoms with Crippen LogP contribution in [0.4, 0.5) is 8.78 Å². The third-order valence-corrected chi connectivity index (χ3v) is 3.31. The van der Waals surface area contributed by atoms with Gasteiger partial charge in [0.25, 0.3) is 5.91 Å². The molecule has 1 saturated heterocycles. The minimum atomic E-state index is -0.945. The Morgan fingerprint density at radius 3 is 2.70 bits per heavy atom. The van der Waals surface area contributed by atoms with E-state index in [9.17, 15) is 18.4 Å². The Morgan fingerprint density at radius 2 is 2.05 bits per heavy atom. The van der Waals surface area contributed by atoms with Crippen molar-refractivity contribution in [2.45, 2.75) is 13.0 Å². The van der Waals surface area contributed by atoms with Gasteiger partial charge in [-0.1, -0.05) is 0 Å². The van der Waals surface area contributed by atoms with E-state index in [0.29, 0.717) is 12.6 Å². The molecule has 0 radical (unpaired) electrons. The quantitative estimate of drug-likeness (QED) is 0.812. The fraction of sp³-hybridized carbons (Fsp3) is 0.385. The van der Waals surface area contributed by atoms with E-state index in [2.05, 4.69) is 5.32 Å². The van der Waals surface area contributed by atoms with Crippen molar-refractivity contribution in [1.29, 1.82) is 0 Å². The molecule has 2 rings (SSSR count). The van der Waals surface area contributed by atoms with Gasteiger partial charge < -0.3 is 16.0 Å². The number of aryl methyl sites for hydroxylation is 1. The van der Waals surface area contributed by atoms with E-state index in [1.165, 1.54) is 11.8 Å². The maximum absolute atomic E-state index is 13.7. The highest BCUT2D eigenvalue weighted by atomic mass is 19.1. The molecule has 5 nitrogen and oxygen atoms in total. The second kappa shape index (κ2) is 5.54. The first kappa shape index (κ1) is 14.4. The van der Waals surface area contributed by atoms with Gasteiger partial charge in [0.15, 0.2) is 0 Å². The zero-order valence-electron chi connectivity index (χ0n) is 11.0. The van der Waals surface area contributed by atoms with Crippen LogP contribution in [-0.4, -0.2) is 42.4 Å². The van der Waals surface area contributed by atoms with E-state index >= 15 is 0 Å². The van der Waals surface area contributed by atoms with Crippen LogP contribution in [0.1, 0.15) is 15.9 Å². The molecule has 108 valence electrons. The summed E-state index contributed by atoms with van der Waals surface area (Å²) in [6.07, 6.45) is 0. The van der Waals surface area contributed by atoms with Gasteiger partial charge in [0.05, 0.1) is 5.56 Å². The van der Waals surface area contributed by atoms with E-state index in [-0.39, 0.29) is 24.2 Å². The molecule has 1 heterocycles. The zero-order valence-corrected chi connectivity index (χ0v) is 11.0. The molecule has 1 fully saturated rings. The predicted octanol–water partition coefficient (Wildman–Crippen LogP) is 0.173. The highest BCUT2D eigenvalue weighted by Gasteiger charge is 2.32. The van der Waals surface area contributed by atoms with Gasteiger partial charge in [-0.25, -0.2) is 8.78 Å². The molecule has 0 spiro atoms. The van der Waals surface area contributed by atoms with Crippen LogP contribution in [0.2, 0.25) is 0 Å². The summed E-state index contributed by atoms with van der Waals surface area (Å²) < 4.78 is 27.0. The average molecular weight is 283 g/mol. The van der Waals surface area contributed by atoms with E-state index < -0.39 is 29.5 Å². The Bertz CT molecular complexity index is 563. The predicted molar refractivity (Wildman–Crippen MR) is 68.0 cm³/mol. The Morgan fingerprint density at radius 1 is 1.35 bits per heavy atom. The topological polar surface area (TPSA) is 75.4 Å². The number of nitrogens with one attached hydrogen (secondary N) is 1. The van der Waals surface area contributed by atoms with Gasteiger partial charge in [-0.15, -0.1) is 0 Å². The first-order valence-electron chi connectivity index (χ1n) is 6.18. The molecule has 0 aromatic heterocycles. The molecule has 1 unspecified atom stereocenters. The fourth-order valence-corrected chi connectivity index (χ4v) is 2.18. The second-order valence-electron chi connectivity index (χ2n) is 4.70. The van der Waals surface area contributed by atoms with Crippen molar-refractivity contribution in [3.05, 3.63) is 34.9 Å². The van der Waals surface area contributed by atoms with Crippen LogP contribution >= 0.6 is 0 Å². The Hall–Kier alpha value is -2.02. The maximum atomic E-state index is 13.7. The first-order valence-corrected chi connectivity index (χ1v) is 6.18. The molecule has 1 atom stereocenters. The third kappa shape index (κ3) is 2.62. The Balaban J connectivity index is 2.34. The molecule has 1 aromatic carbocycles. The summed E-state index contributed by atoms with van der Waals surface area (Å²) in [7, 11) is 0. The molecular weight excluding hydrogens is 268 g/mol. The molecule has 1 aliphatic heterocycles. The van der Waals surface area contributed by atoms with E-state index in [1.807, 2.05) is 0 Å². The summed E-state index contributed by atoms with van der Waals surface area (Å²) in [4.78, 5) is 24.9. The summed E-state index contributed by atoms with van der Waals surface area (Å²) in [5.74, 6) is -2.98. The van der Waals surface area contributed by atoms with Gasteiger partial charge in [0.1, 0.15) is 17.7 Å². The number of nitrogens with two attached hydrogens (primary N) is 1. The summed E-state index contributed by atoms with van der Waals surface area (Å²) >= 11 is 0. The van der Waals surface area contributed by atoms with Gasteiger partial charge in [0, 0.05) is 25.7 Å². The molecule has 7 heteroatoms. The van der Waals surface area contributed by atoms with Gasteiger partial charge in [-0.05, 0) is 18.6 Å². The molecule has 0 bridgehead atoms. The monoisotopic (exact) mass is 283 g/mol. The van der Waals surface area contributed by atoms with Crippen LogP contribution < -0.4 is 11.1 Å². The summed E-state index contributed by atoms with van der Waals surface area (Å²) in [6, 6.07) is 0.984. The number of amides is 2. The number of nitrogens with zero attached hydrogens (tertiary/aromatic N) is 1. The number of carbonyl (C=O) groups is 2. The number of hydrogen-bond donors (Lipinski definition) is 2. The van der Waals surface area contributed by atoms with Crippen LogP contribution in [-0.2, 0) is 4.79 Å². The first-order chi connectivity index (χ1) is 9.41. The number of hydrogen-bond acceptors (Lipinski definition) is 3. The molecule has 20 heavy (non-hydrogen) atoms. The lowest BCUT2D eigenvalue weighted by atomic mass is 10.1. The smallest absolute Gasteiger partial charge is 0.257 e. The molecule has 0 aliphatic carbocycles. The maximum Gasteiger partial charge on any atom is 0.257 e. The normalized spacial score (nSPS) is 18.9. The van der Waals surface area contributed by atoms with Crippen molar-refractivity contribution < 1.29 is 18.4 Å². The molecule has 2 amide bonds. The number of primary amides is 1. The lowest BCUT2D eigenvalue weighted by molar-refractivity contribution is -0.122. The van der Waals surface area contributed by atoms with Crippen LogP contribution in [0.25, 0.3) is 0 Å². The SMILES string of the molecule is Cc1cc(C(=O)N2CCNCC2C(N)=O)c(F)cc1F. The van der Waals surface area contributed by atoms with Crippen molar-refractivity contribution in [1.82, 2.24) is 10.2 Å². The number of carbonyl (C=O) groups excluding carboxylic acids is 2. The lowest BCUT2D eigenvalue weighted by Crippen LogP contribution is -2.58. The zero-order chi connectivity index (χ0) is 14.9. The van der Waals surface area contributed by atoms with Crippen LogP contribution in [0.15, 0.2) is 12.1 Å². The molecular formula is C13H15F2N3O2. The number of benzene rings is 1. The number of piperazine rings is 1. The van der Waals surface area contributed by atoms with Crippen molar-refractivity contribution in [2.75, 3.05) is 19.6 Å². The largest absolute Gasteiger partial charge is 0.368 e. The summed E-state index contributed by atoms with van der Waals surface area (Å²) in [5, 5.41) is 2.94. The van der Waals surface area contributed by atoms with Crippen molar-refractivity contribution in [3.63, 3.8) is 0 Å². The van der Waals surface area contributed by atoms with E-state index in [1.54, 1.807) is 0 Å². The van der Waals surface area contributed by atoms with Crippen LogP contribution in [0, 0.1) is 18.6 Å². The summed E-state index contributed by atoms with van der Waals surface area (Å²) in [6.45, 7) is 2.39. The summed E-state index contributed by atoms with van der Waals surface area (Å²) in [5.41, 5.74) is 5.15. The molecule has 0 saturated carbocycles. The van der Waals surface area contributed by atoms with Crippen molar-refractivity contribution >= 4 is 11.8 Å². The Kier molecular flexibility index (Phi) is 3.99. The minimum Gasteiger partial charge on any atom is -0.368 e. The van der Waals surface area contributed by atoms with E-state index in [4.69, 9.17) is 5.73 Å². The average Bonchev–Trinajstić information content (AvgIpc) is 2.42. The van der Waals surface area contributed by atoms with E-state index in [0.717, 1.165) is 6.07 Å². The van der Waals surface area contributed by atoms with Gasteiger partial charge >= 0.3 is 0 Å². The van der Waals surface area contributed by atoms with Crippen LogP contribution in [0.5, 0.6) is 0 Å². The van der Waals surface area contributed by atoms with Crippen molar-refractivity contribution in [3.8, 4) is 0 Å². The standard InChI is InChI=1S/C13H15F2N3O2/c1-7-4-8(10(15)5-9(7)14)13(20)18-3-2-17-6-11(18)12(16)19/h4-5,11,17H,2-3,6H2,1H3,(H2,16,19). The van der Waals surface area contributed by atoms with Gasteiger partial charge in [-0.3, -0.25) is 9.59 Å². The molecule has 1 aliphatic rings. The molecule has 3 N–H and O–H groups in total. The second-order valence-corrected chi connectivity index (χ2v) is 4.70. The fourth-order valence-electron chi connectivity index (χ4n) is 2.18. The van der Waals surface area contributed by atoms with Gasteiger partial charge in [0.2, 0.25) is 5.91 Å². The van der Waals surface area contributed by atoms with Gasteiger partial charge in [-0.2, -0.15) is 0 Å². The highest BCUT2D eigenvalue weighted by Crippen LogP contribution is 2.18. The number of halogens is 2. The minimum absolute atomic E-state index is 0.167. The van der Waals surface area contributed by atoms with Crippen LogP contribution in [0.3, 0.4) is 0 Å². The Labute approximate surface area is 114 Å². The van der Waals surface area contributed by atoms with Crippen molar-refractivity contribution in [2.24, 2.45) is 5.73 Å². The molecule has 1 aromatic rings. The highest BCUT2D eigenvalue weighted by molar-refractivity contribution is 5.98. The lowest BCUT2D eigenvalue weighted by Gasteiger charge is -2.34. The third-order valence-electron chi connectivity index (χ3n) is 3.31. The number of rotatable bonds is 2.